The summed E-state index contributed by atoms with van der Waals surface area (Å²) in [5, 5.41) is 32.9. The van der Waals surface area contributed by atoms with E-state index in [0.29, 0.717) is 0 Å². The number of hydrogen-bond donors (Lipinski definition) is 3. The molecular formula is C33H28O8. The third-order valence-electron chi connectivity index (χ3n) is 7.02. The fourth-order valence-electron chi connectivity index (χ4n) is 4.74. The molecule has 8 heteroatoms. The molecule has 4 aromatic carbocycles. The maximum Gasteiger partial charge on any atom is 0.339 e. The summed E-state index contributed by atoms with van der Waals surface area (Å²) in [5.41, 5.74) is -6.21. The van der Waals surface area contributed by atoms with Crippen molar-refractivity contribution in [1.29, 1.82) is 0 Å². The van der Waals surface area contributed by atoms with Gasteiger partial charge in [-0.2, -0.15) is 0 Å². The van der Waals surface area contributed by atoms with Crippen molar-refractivity contribution in [3.8, 4) is 0 Å². The molecule has 0 aliphatic rings. The Morgan fingerprint density at radius 2 is 0.951 bits per heavy atom. The molecule has 0 aliphatic heterocycles. The molecule has 4 aromatic rings. The van der Waals surface area contributed by atoms with Gasteiger partial charge in [-0.1, -0.05) is 109 Å². The third-order valence-corrected chi connectivity index (χ3v) is 7.02. The van der Waals surface area contributed by atoms with Gasteiger partial charge < -0.3 is 20.1 Å². The van der Waals surface area contributed by atoms with Crippen LogP contribution in [-0.2, 0) is 9.53 Å². The lowest BCUT2D eigenvalue weighted by Gasteiger charge is -2.45. The minimum Gasteiger partial charge on any atom is -0.437 e. The highest BCUT2D eigenvalue weighted by Gasteiger charge is 2.68. The predicted octanol–water partition coefficient (Wildman–Crippen LogP) is 3.62. The van der Waals surface area contributed by atoms with E-state index in [2.05, 4.69) is 0 Å². The second-order valence-electron chi connectivity index (χ2n) is 9.40. The van der Waals surface area contributed by atoms with Crippen LogP contribution < -0.4 is 0 Å². The highest BCUT2D eigenvalue weighted by molar-refractivity contribution is 6.27. The number of hydrogen-bond acceptors (Lipinski definition) is 8. The molecule has 0 spiro atoms. The summed E-state index contributed by atoms with van der Waals surface area (Å²) in [7, 11) is 0. The van der Waals surface area contributed by atoms with Crippen LogP contribution in [0.1, 0.15) is 42.7 Å². The average Bonchev–Trinajstić information content (AvgIpc) is 3.05. The predicted molar refractivity (Wildman–Crippen MR) is 149 cm³/mol. The second kappa shape index (κ2) is 12.6. The molecule has 0 bridgehead atoms. The number of carbonyl (C=O) groups excluding carboxylic acids is 4. The van der Waals surface area contributed by atoms with Crippen LogP contribution in [-0.4, -0.2) is 57.5 Å². The normalized spacial score (nSPS) is 12.3. The summed E-state index contributed by atoms with van der Waals surface area (Å²) in [6.07, 6.45) is -2.00. The van der Waals surface area contributed by atoms with E-state index in [1.807, 2.05) is 0 Å². The van der Waals surface area contributed by atoms with Crippen LogP contribution >= 0.6 is 0 Å². The minimum absolute atomic E-state index is 0.0561. The molecule has 0 aromatic heterocycles. The number of rotatable bonds is 12. The summed E-state index contributed by atoms with van der Waals surface area (Å²) >= 11 is 0. The van der Waals surface area contributed by atoms with Crippen LogP contribution in [0.15, 0.2) is 121 Å². The van der Waals surface area contributed by atoms with Crippen molar-refractivity contribution in [2.24, 2.45) is 5.41 Å². The van der Waals surface area contributed by atoms with E-state index in [1.54, 1.807) is 36.4 Å². The van der Waals surface area contributed by atoms with Crippen LogP contribution in [0.25, 0.3) is 0 Å². The van der Waals surface area contributed by atoms with E-state index in [0.717, 1.165) is 0 Å². The zero-order valence-electron chi connectivity index (χ0n) is 21.9. The van der Waals surface area contributed by atoms with Crippen LogP contribution in [0.5, 0.6) is 0 Å². The lowest BCUT2D eigenvalue weighted by Crippen LogP contribution is -2.69. The molecule has 0 amide bonds. The fraction of sp³-hybridized carbons (Fsp3) is 0.152. The highest BCUT2D eigenvalue weighted by Crippen LogP contribution is 2.44. The molecule has 208 valence electrons. The lowest BCUT2D eigenvalue weighted by atomic mass is 9.61. The van der Waals surface area contributed by atoms with E-state index in [1.165, 1.54) is 84.9 Å². The number of ether oxygens (including phenoxy) is 1. The largest absolute Gasteiger partial charge is 0.437 e. The van der Waals surface area contributed by atoms with Crippen molar-refractivity contribution in [2.45, 2.75) is 11.7 Å². The maximum atomic E-state index is 14.5. The standard InChI is InChI=1S/C33H28O8/c34-21-32(22-35,30(39)27(36)23-13-5-1-6-14-23)33(28(37)24-15-7-2-8-16-24,29(38)25-17-9-3-10-18-25)41-31(40)26-19-11-4-12-20-26/h1-20,27,34-36H,21-22H2. The van der Waals surface area contributed by atoms with E-state index < -0.39 is 53.7 Å². The Morgan fingerprint density at radius 3 is 1.34 bits per heavy atom. The monoisotopic (exact) mass is 552 g/mol. The van der Waals surface area contributed by atoms with Crippen molar-refractivity contribution < 1.29 is 39.2 Å². The quantitative estimate of drug-likeness (QED) is 0.138. The summed E-state index contributed by atoms with van der Waals surface area (Å²) in [6, 6.07) is 29.7. The zero-order chi connectivity index (χ0) is 29.5. The summed E-state index contributed by atoms with van der Waals surface area (Å²) in [6.45, 7) is -2.66. The van der Waals surface area contributed by atoms with E-state index in [-0.39, 0.29) is 22.3 Å². The Bertz CT molecular complexity index is 1450. The molecule has 0 aliphatic carbocycles. The first-order chi connectivity index (χ1) is 19.8. The number of ketones is 3. The van der Waals surface area contributed by atoms with Gasteiger partial charge in [0.25, 0.3) is 5.60 Å². The molecule has 8 nitrogen and oxygen atoms in total. The molecule has 0 saturated carbocycles. The van der Waals surface area contributed by atoms with Crippen molar-refractivity contribution in [3.05, 3.63) is 144 Å². The molecular weight excluding hydrogens is 524 g/mol. The Kier molecular flexibility index (Phi) is 8.99. The molecule has 0 heterocycles. The first kappa shape index (κ1) is 29.2. The van der Waals surface area contributed by atoms with Crippen LogP contribution in [0.3, 0.4) is 0 Å². The average molecular weight is 553 g/mol. The summed E-state index contributed by atoms with van der Waals surface area (Å²) < 4.78 is 5.82. The van der Waals surface area contributed by atoms with Gasteiger partial charge in [0.1, 0.15) is 11.5 Å². The van der Waals surface area contributed by atoms with E-state index in [9.17, 15) is 34.5 Å². The molecule has 3 N–H and O–H groups in total. The van der Waals surface area contributed by atoms with Gasteiger partial charge in [-0.25, -0.2) is 4.79 Å². The van der Waals surface area contributed by atoms with Gasteiger partial charge in [-0.05, 0) is 17.7 Å². The van der Waals surface area contributed by atoms with Gasteiger partial charge in [0, 0.05) is 11.1 Å². The van der Waals surface area contributed by atoms with Gasteiger partial charge in [0.05, 0.1) is 18.8 Å². The molecule has 0 fully saturated rings. The van der Waals surface area contributed by atoms with E-state index >= 15 is 0 Å². The van der Waals surface area contributed by atoms with Crippen molar-refractivity contribution >= 4 is 23.3 Å². The van der Waals surface area contributed by atoms with Crippen LogP contribution in [0.2, 0.25) is 0 Å². The second-order valence-corrected chi connectivity index (χ2v) is 9.40. The molecule has 4 rings (SSSR count). The third kappa shape index (κ3) is 5.36. The SMILES string of the molecule is O=C(OC(C(=O)c1ccccc1)(C(=O)c1ccccc1)C(CO)(CO)C(=O)C(O)c1ccccc1)c1ccccc1. The summed E-state index contributed by atoms with van der Waals surface area (Å²) in [4.78, 5) is 56.9. The zero-order valence-corrected chi connectivity index (χ0v) is 21.9. The van der Waals surface area contributed by atoms with E-state index in [4.69, 9.17) is 4.74 Å². The molecule has 41 heavy (non-hydrogen) atoms. The fourth-order valence-corrected chi connectivity index (χ4v) is 4.74. The van der Waals surface area contributed by atoms with Crippen molar-refractivity contribution in [1.82, 2.24) is 0 Å². The van der Waals surface area contributed by atoms with Crippen molar-refractivity contribution in [3.63, 3.8) is 0 Å². The van der Waals surface area contributed by atoms with Gasteiger partial charge in [-0.15, -0.1) is 0 Å². The number of carbonyl (C=O) groups is 4. The molecule has 1 atom stereocenters. The Morgan fingerprint density at radius 1 is 0.585 bits per heavy atom. The van der Waals surface area contributed by atoms with Gasteiger partial charge in [-0.3, -0.25) is 14.4 Å². The molecule has 0 saturated heterocycles. The lowest BCUT2D eigenvalue weighted by molar-refractivity contribution is -0.158. The summed E-state index contributed by atoms with van der Waals surface area (Å²) in [5.74, 6) is -4.77. The Labute approximate surface area is 236 Å². The van der Waals surface area contributed by atoms with Crippen molar-refractivity contribution in [2.75, 3.05) is 13.2 Å². The van der Waals surface area contributed by atoms with Crippen LogP contribution in [0, 0.1) is 5.41 Å². The maximum absolute atomic E-state index is 14.5. The molecule has 1 unspecified atom stereocenters. The topological polar surface area (TPSA) is 138 Å². The van der Waals surface area contributed by atoms with Gasteiger partial charge in [0.15, 0.2) is 5.78 Å². The first-order valence-electron chi connectivity index (χ1n) is 12.8. The first-order valence-corrected chi connectivity index (χ1v) is 12.8. The van der Waals surface area contributed by atoms with Gasteiger partial charge >= 0.3 is 5.97 Å². The van der Waals surface area contributed by atoms with Gasteiger partial charge in [0.2, 0.25) is 11.6 Å². The minimum atomic E-state index is -3.14. The smallest absolute Gasteiger partial charge is 0.339 e. The number of aliphatic hydroxyl groups is 3. The van der Waals surface area contributed by atoms with Crippen LogP contribution in [0.4, 0.5) is 0 Å². The Balaban J connectivity index is 2.05. The highest BCUT2D eigenvalue weighted by atomic mass is 16.6. The Hall–Kier alpha value is -4.76. The number of aliphatic hydroxyl groups excluding tert-OH is 3. The molecule has 0 radical (unpaired) electrons. The number of Topliss-reactive ketones (excluding diaryl/α,β-unsaturated/α-hetero) is 3. The number of benzene rings is 4. The number of esters is 1.